The number of anilines is 1. The van der Waals surface area contributed by atoms with E-state index < -0.39 is 45.4 Å². The number of pyridine rings is 1. The number of hydrogen-bond acceptors (Lipinski definition) is 6. The second-order valence-corrected chi connectivity index (χ2v) is 11.6. The van der Waals surface area contributed by atoms with Crippen molar-refractivity contribution in [3.63, 3.8) is 0 Å². The van der Waals surface area contributed by atoms with Crippen LogP contribution in [0.25, 0.3) is 22.3 Å². The second kappa shape index (κ2) is 10.7. The number of aromatic nitrogens is 1. The van der Waals surface area contributed by atoms with Gasteiger partial charge in [-0.15, -0.1) is 0 Å². The van der Waals surface area contributed by atoms with Crippen LogP contribution in [0.5, 0.6) is 0 Å². The summed E-state index contributed by atoms with van der Waals surface area (Å²) in [6.45, 7) is -0.0905. The smallest absolute Gasteiger partial charge is 0.383 e. The molecule has 1 aromatic heterocycles. The molecule has 1 atom stereocenters. The number of nitrogens with zero attached hydrogens (tertiary/aromatic N) is 2. The first-order chi connectivity index (χ1) is 19.3. The fourth-order valence-corrected chi connectivity index (χ4v) is 6.34. The van der Waals surface area contributed by atoms with Crippen molar-refractivity contribution in [1.29, 1.82) is 0 Å². The number of nitrogens with two attached hydrogens (primary N) is 1. The summed E-state index contributed by atoms with van der Waals surface area (Å²) in [5, 5.41) is 2.77. The molecule has 4 N–H and O–H groups in total. The minimum atomic E-state index is -5.06. The van der Waals surface area contributed by atoms with E-state index in [1.807, 2.05) is 6.07 Å². The molecule has 1 saturated heterocycles. The maximum atomic E-state index is 15.3. The number of carbonyl (C=O) groups is 2. The van der Waals surface area contributed by atoms with Crippen LogP contribution in [0.15, 0.2) is 53.6 Å². The van der Waals surface area contributed by atoms with Gasteiger partial charge in [-0.1, -0.05) is 18.2 Å². The number of nitrogens with one attached hydrogen (secondary N) is 2. The molecule has 5 rings (SSSR count). The highest BCUT2D eigenvalue weighted by Gasteiger charge is 2.44. The molecule has 1 unspecified atom stereocenters. The van der Waals surface area contributed by atoms with Crippen molar-refractivity contribution >= 4 is 27.7 Å². The van der Waals surface area contributed by atoms with Gasteiger partial charge in [0.15, 0.2) is 0 Å². The number of sulfonamides is 1. The number of piperidine rings is 1. The summed E-state index contributed by atoms with van der Waals surface area (Å²) >= 11 is 0. The van der Waals surface area contributed by atoms with Crippen molar-refractivity contribution in [2.45, 2.75) is 36.4 Å². The van der Waals surface area contributed by atoms with Gasteiger partial charge in [0.25, 0.3) is 5.91 Å². The third-order valence-electron chi connectivity index (χ3n) is 7.09. The summed E-state index contributed by atoms with van der Waals surface area (Å²) in [5.74, 6) is -2.89. The number of nitrogen functional groups attached to an aromatic ring is 1. The lowest BCUT2D eigenvalue weighted by atomic mass is 9.94. The Kier molecular flexibility index (Phi) is 7.46. The summed E-state index contributed by atoms with van der Waals surface area (Å²) in [6.07, 6.45) is -2.68. The van der Waals surface area contributed by atoms with Crippen molar-refractivity contribution < 1.29 is 35.6 Å². The molecule has 41 heavy (non-hydrogen) atoms. The van der Waals surface area contributed by atoms with E-state index in [0.717, 1.165) is 11.6 Å². The topological polar surface area (TPSA) is 134 Å². The molecule has 1 fully saturated rings. The largest absolute Gasteiger partial charge is 0.471 e. The molecule has 3 heterocycles. The number of rotatable bonds is 5. The quantitative estimate of drug-likeness (QED) is 0.390. The molecule has 9 nitrogen and oxygen atoms in total. The first-order valence-electron chi connectivity index (χ1n) is 12.7. The summed E-state index contributed by atoms with van der Waals surface area (Å²) in [7, 11) is -4.31. The standard InChI is InChI=1S/C27H25F4N5O4S/c28-23-12-19(41(39,40)35-18-2-1-9-36(14-18)26(38)27(29,30)31)4-6-20(23)17-11-22(24(32)34-13-17)15-3-5-21-16(10-15)7-8-33-25(21)37/h3-6,10-13,18,35H,1-2,7-9,14H2,(H2,32,34)(H,33,37). The minimum Gasteiger partial charge on any atom is -0.383 e. The molecule has 14 heteroatoms. The molecule has 0 radical (unpaired) electrons. The van der Waals surface area contributed by atoms with Gasteiger partial charge >= 0.3 is 12.1 Å². The number of carbonyl (C=O) groups excluding carboxylic acids is 2. The van der Waals surface area contributed by atoms with Gasteiger partial charge < -0.3 is 16.0 Å². The highest BCUT2D eigenvalue weighted by molar-refractivity contribution is 7.89. The van der Waals surface area contributed by atoms with Crippen LogP contribution < -0.4 is 15.8 Å². The molecule has 2 aliphatic rings. The molecular weight excluding hydrogens is 566 g/mol. The second-order valence-electron chi connectivity index (χ2n) is 9.89. The summed E-state index contributed by atoms with van der Waals surface area (Å²) in [4.78, 5) is 28.0. The van der Waals surface area contributed by atoms with Crippen LogP contribution in [0.1, 0.15) is 28.8 Å². The first-order valence-corrected chi connectivity index (χ1v) is 14.2. The minimum absolute atomic E-state index is 0.0506. The number of hydrogen-bond donors (Lipinski definition) is 3. The molecule has 216 valence electrons. The lowest BCUT2D eigenvalue weighted by molar-refractivity contribution is -0.186. The van der Waals surface area contributed by atoms with Gasteiger partial charge in [-0.3, -0.25) is 9.59 Å². The van der Waals surface area contributed by atoms with E-state index in [9.17, 15) is 31.2 Å². The zero-order valence-electron chi connectivity index (χ0n) is 21.5. The van der Waals surface area contributed by atoms with Crippen LogP contribution in [0.4, 0.5) is 23.4 Å². The maximum Gasteiger partial charge on any atom is 0.471 e. The highest BCUT2D eigenvalue weighted by atomic mass is 32.2. The zero-order valence-corrected chi connectivity index (χ0v) is 22.3. The molecule has 0 spiro atoms. The molecule has 3 aromatic rings. The van der Waals surface area contributed by atoms with E-state index in [4.69, 9.17) is 5.73 Å². The average molecular weight is 592 g/mol. The van der Waals surface area contributed by atoms with Crippen molar-refractivity contribution in [3.05, 3.63) is 65.6 Å². The molecule has 0 saturated carbocycles. The molecule has 0 bridgehead atoms. The Morgan fingerprint density at radius 3 is 2.56 bits per heavy atom. The fourth-order valence-electron chi connectivity index (χ4n) is 5.07. The van der Waals surface area contributed by atoms with Crippen molar-refractivity contribution in [3.8, 4) is 22.3 Å². The monoisotopic (exact) mass is 591 g/mol. The van der Waals surface area contributed by atoms with E-state index >= 15 is 4.39 Å². The van der Waals surface area contributed by atoms with Crippen molar-refractivity contribution in [2.24, 2.45) is 0 Å². The molecule has 0 aliphatic carbocycles. The maximum absolute atomic E-state index is 15.3. The van der Waals surface area contributed by atoms with Crippen LogP contribution in [0.2, 0.25) is 0 Å². The SMILES string of the molecule is Nc1ncc(-c2ccc(S(=O)(=O)NC3CCCN(C(=O)C(F)(F)F)C3)cc2F)cc1-c1ccc2c(c1)CCNC2=O. The van der Waals surface area contributed by atoms with Gasteiger partial charge in [0.05, 0.1) is 4.90 Å². The van der Waals surface area contributed by atoms with E-state index in [1.54, 1.807) is 18.2 Å². The molecule has 2 amide bonds. The van der Waals surface area contributed by atoms with Gasteiger partial charge in [-0.25, -0.2) is 22.5 Å². The van der Waals surface area contributed by atoms with Gasteiger partial charge in [0.1, 0.15) is 11.6 Å². The number of likely N-dealkylation sites (tertiary alicyclic amines) is 1. The van der Waals surface area contributed by atoms with Gasteiger partial charge in [0, 0.05) is 54.1 Å². The first kappa shape index (κ1) is 28.5. The number of benzene rings is 2. The molecule has 2 aromatic carbocycles. The normalized spacial score (nSPS) is 17.6. The van der Waals surface area contributed by atoms with Crippen LogP contribution in [0.3, 0.4) is 0 Å². The Balaban J connectivity index is 1.37. The summed E-state index contributed by atoms with van der Waals surface area (Å²) in [5.41, 5.74) is 9.07. The van der Waals surface area contributed by atoms with E-state index in [2.05, 4.69) is 15.0 Å². The van der Waals surface area contributed by atoms with E-state index in [-0.39, 0.29) is 36.7 Å². The zero-order chi connectivity index (χ0) is 29.5. The van der Waals surface area contributed by atoms with Crippen LogP contribution >= 0.6 is 0 Å². The van der Waals surface area contributed by atoms with Crippen LogP contribution in [0, 0.1) is 5.82 Å². The van der Waals surface area contributed by atoms with Crippen LogP contribution in [-0.4, -0.2) is 62.0 Å². The Morgan fingerprint density at radius 2 is 1.83 bits per heavy atom. The predicted molar refractivity (Wildman–Crippen MR) is 141 cm³/mol. The highest BCUT2D eigenvalue weighted by Crippen LogP contribution is 2.33. The number of halogens is 4. The number of amides is 2. The summed E-state index contributed by atoms with van der Waals surface area (Å²) < 4.78 is 81.9. The van der Waals surface area contributed by atoms with E-state index in [0.29, 0.717) is 40.1 Å². The molecular formula is C27H25F4N5O4S. The van der Waals surface area contributed by atoms with Crippen molar-refractivity contribution in [2.75, 3.05) is 25.4 Å². The third-order valence-corrected chi connectivity index (χ3v) is 8.61. The lowest BCUT2D eigenvalue weighted by Gasteiger charge is -2.33. The lowest BCUT2D eigenvalue weighted by Crippen LogP contribution is -2.52. The van der Waals surface area contributed by atoms with Gasteiger partial charge in [-0.2, -0.15) is 13.2 Å². The fraction of sp³-hybridized carbons (Fsp3) is 0.296. The third kappa shape index (κ3) is 5.88. The summed E-state index contributed by atoms with van der Waals surface area (Å²) in [6, 6.07) is 9.13. The van der Waals surface area contributed by atoms with Gasteiger partial charge in [0.2, 0.25) is 10.0 Å². The Morgan fingerprint density at radius 1 is 1.07 bits per heavy atom. The Bertz CT molecular complexity index is 1650. The molecule has 2 aliphatic heterocycles. The predicted octanol–water partition coefficient (Wildman–Crippen LogP) is 3.25. The number of fused-ring (bicyclic) bond motifs is 1. The number of alkyl halides is 3. The Labute approximate surface area is 232 Å². The van der Waals surface area contributed by atoms with E-state index in [1.165, 1.54) is 18.3 Å². The average Bonchev–Trinajstić information content (AvgIpc) is 2.92. The van der Waals surface area contributed by atoms with Gasteiger partial charge in [-0.05, 0) is 54.7 Å². The Hall–Kier alpha value is -4.04. The van der Waals surface area contributed by atoms with Crippen molar-refractivity contribution in [1.82, 2.24) is 19.9 Å². The van der Waals surface area contributed by atoms with Crippen LogP contribution in [-0.2, 0) is 21.2 Å².